The van der Waals surface area contributed by atoms with E-state index in [9.17, 15) is 13.2 Å². The zero-order valence-corrected chi connectivity index (χ0v) is 21.8. The van der Waals surface area contributed by atoms with Crippen molar-refractivity contribution < 1.29 is 17.9 Å². The van der Waals surface area contributed by atoms with Crippen LogP contribution in [0.25, 0.3) is 6.08 Å². The molecule has 1 amide bonds. The molecular formula is C25H27Cl2N3O4S. The molecule has 3 rings (SSSR count). The number of nitrogens with one attached hydrogen (secondary N) is 1. The standard InChI is InChI=1S/C25H27Cl2N3O4S/c1-3-4-8-14-34-21-12-11-20(22(26)16-21)17-30-18(2)28-24(27)23(30)25(31)29-35(32,33)15-13-19-9-6-5-7-10-19/h5-7,9-13,15-16H,3-4,8,14,17H2,1-2H3,(H,29,31)/b15-13+. The Morgan fingerprint density at radius 2 is 1.89 bits per heavy atom. The molecule has 7 nitrogen and oxygen atoms in total. The first-order chi connectivity index (χ1) is 16.7. The number of unbranched alkanes of at least 4 members (excludes halogenated alkanes) is 2. The minimum Gasteiger partial charge on any atom is -0.494 e. The SMILES string of the molecule is CCCCCOc1ccc(Cn2c(C)nc(Cl)c2C(=O)NS(=O)(=O)/C=C/c2ccccc2)c(Cl)c1. The molecule has 0 aliphatic rings. The van der Waals surface area contributed by atoms with Gasteiger partial charge in [-0.25, -0.2) is 18.1 Å². The summed E-state index contributed by atoms with van der Waals surface area (Å²) >= 11 is 12.7. The van der Waals surface area contributed by atoms with Gasteiger partial charge in [0.05, 0.1) is 18.6 Å². The third-order valence-electron chi connectivity index (χ3n) is 5.17. The van der Waals surface area contributed by atoms with Gasteiger partial charge in [-0.1, -0.05) is 79.4 Å². The van der Waals surface area contributed by atoms with Crippen LogP contribution in [0.5, 0.6) is 5.75 Å². The Hall–Kier alpha value is -2.81. The summed E-state index contributed by atoms with van der Waals surface area (Å²) in [6.45, 7) is 4.58. The van der Waals surface area contributed by atoms with Gasteiger partial charge in [-0.2, -0.15) is 0 Å². The van der Waals surface area contributed by atoms with E-state index in [1.54, 1.807) is 49.4 Å². The summed E-state index contributed by atoms with van der Waals surface area (Å²) in [5.41, 5.74) is 1.30. The van der Waals surface area contributed by atoms with E-state index in [0.29, 0.717) is 34.3 Å². The number of aromatic nitrogens is 2. The summed E-state index contributed by atoms with van der Waals surface area (Å²) in [5.74, 6) is 0.207. The van der Waals surface area contributed by atoms with Gasteiger partial charge in [-0.05, 0) is 42.7 Å². The molecule has 0 unspecified atom stereocenters. The molecule has 1 aromatic heterocycles. The maximum Gasteiger partial charge on any atom is 0.284 e. The van der Waals surface area contributed by atoms with Crippen molar-refractivity contribution in [3.05, 3.63) is 86.8 Å². The van der Waals surface area contributed by atoms with Crippen LogP contribution in [0.3, 0.4) is 0 Å². The smallest absolute Gasteiger partial charge is 0.284 e. The molecule has 0 atom stereocenters. The zero-order valence-electron chi connectivity index (χ0n) is 19.5. The lowest BCUT2D eigenvalue weighted by molar-refractivity contribution is 0.0973. The Morgan fingerprint density at radius 3 is 2.57 bits per heavy atom. The van der Waals surface area contributed by atoms with Gasteiger partial charge in [0.15, 0.2) is 5.15 Å². The summed E-state index contributed by atoms with van der Waals surface area (Å²) in [6.07, 6.45) is 4.56. The monoisotopic (exact) mass is 535 g/mol. The predicted octanol–water partition coefficient (Wildman–Crippen LogP) is 5.85. The molecule has 0 saturated heterocycles. The average Bonchev–Trinajstić information content (AvgIpc) is 3.10. The van der Waals surface area contributed by atoms with Crippen LogP contribution in [0, 0.1) is 6.92 Å². The van der Waals surface area contributed by atoms with Crippen LogP contribution in [0.2, 0.25) is 10.2 Å². The highest BCUT2D eigenvalue weighted by Crippen LogP contribution is 2.26. The van der Waals surface area contributed by atoms with Gasteiger partial charge in [-0.15, -0.1) is 0 Å². The number of benzene rings is 2. The molecule has 0 radical (unpaired) electrons. The van der Waals surface area contributed by atoms with Crippen molar-refractivity contribution in [2.75, 3.05) is 6.61 Å². The quantitative estimate of drug-likeness (QED) is 0.311. The van der Waals surface area contributed by atoms with E-state index in [-0.39, 0.29) is 17.4 Å². The fourth-order valence-corrected chi connectivity index (χ4v) is 4.64. The highest BCUT2D eigenvalue weighted by atomic mass is 35.5. The molecule has 0 spiro atoms. The number of hydrogen-bond donors (Lipinski definition) is 1. The number of imidazole rings is 1. The Kier molecular flexibility index (Phi) is 9.37. The minimum atomic E-state index is -4.07. The van der Waals surface area contributed by atoms with Gasteiger partial charge in [0.1, 0.15) is 17.3 Å². The van der Waals surface area contributed by atoms with Crippen molar-refractivity contribution in [3.63, 3.8) is 0 Å². The van der Waals surface area contributed by atoms with Crippen LogP contribution in [0.4, 0.5) is 0 Å². The van der Waals surface area contributed by atoms with Crippen molar-refractivity contribution in [1.82, 2.24) is 14.3 Å². The largest absolute Gasteiger partial charge is 0.494 e. The van der Waals surface area contributed by atoms with Gasteiger partial charge >= 0.3 is 0 Å². The fourth-order valence-electron chi connectivity index (χ4n) is 3.34. The number of amides is 1. The Labute approximate surface area is 215 Å². The van der Waals surface area contributed by atoms with Crippen LogP contribution >= 0.6 is 23.2 Å². The summed E-state index contributed by atoms with van der Waals surface area (Å²) in [7, 11) is -4.07. The number of carbonyl (C=O) groups is 1. The van der Waals surface area contributed by atoms with E-state index in [1.807, 2.05) is 10.8 Å². The van der Waals surface area contributed by atoms with Crippen molar-refractivity contribution in [2.24, 2.45) is 0 Å². The molecule has 0 saturated carbocycles. The molecule has 2 aromatic carbocycles. The number of nitrogens with zero attached hydrogens (tertiary/aromatic N) is 2. The topological polar surface area (TPSA) is 90.3 Å². The second-order valence-electron chi connectivity index (χ2n) is 7.88. The Morgan fingerprint density at radius 1 is 1.14 bits per heavy atom. The minimum absolute atomic E-state index is 0.0724. The van der Waals surface area contributed by atoms with Crippen molar-refractivity contribution in [1.29, 1.82) is 0 Å². The molecular weight excluding hydrogens is 509 g/mol. The summed E-state index contributed by atoms with van der Waals surface area (Å²) < 4.78 is 34.2. The van der Waals surface area contributed by atoms with Crippen LogP contribution < -0.4 is 9.46 Å². The third kappa shape index (κ3) is 7.59. The Bertz CT molecular complexity index is 1310. The lowest BCUT2D eigenvalue weighted by Crippen LogP contribution is -2.31. The molecule has 186 valence electrons. The van der Waals surface area contributed by atoms with E-state index >= 15 is 0 Å². The van der Waals surface area contributed by atoms with Crippen LogP contribution in [0.15, 0.2) is 53.9 Å². The first kappa shape index (κ1) is 26.8. The lowest BCUT2D eigenvalue weighted by Gasteiger charge is -2.13. The van der Waals surface area contributed by atoms with E-state index in [4.69, 9.17) is 27.9 Å². The van der Waals surface area contributed by atoms with Crippen LogP contribution in [-0.4, -0.2) is 30.5 Å². The highest BCUT2D eigenvalue weighted by Gasteiger charge is 2.24. The zero-order chi connectivity index (χ0) is 25.4. The number of hydrogen-bond acceptors (Lipinski definition) is 5. The maximum absolute atomic E-state index is 12.9. The summed E-state index contributed by atoms with van der Waals surface area (Å²) in [4.78, 5) is 17.0. The normalized spacial score (nSPS) is 11.7. The molecule has 1 N–H and O–H groups in total. The molecule has 1 heterocycles. The average molecular weight is 536 g/mol. The van der Waals surface area contributed by atoms with Crippen molar-refractivity contribution in [2.45, 2.75) is 39.7 Å². The van der Waals surface area contributed by atoms with E-state index in [0.717, 1.165) is 24.7 Å². The molecule has 0 aliphatic carbocycles. The van der Waals surface area contributed by atoms with Gasteiger partial charge in [-0.3, -0.25) is 4.79 Å². The number of aryl methyl sites for hydroxylation is 1. The second-order valence-corrected chi connectivity index (χ2v) is 10.2. The van der Waals surface area contributed by atoms with Gasteiger partial charge in [0, 0.05) is 5.02 Å². The number of ether oxygens (including phenoxy) is 1. The van der Waals surface area contributed by atoms with Crippen LogP contribution in [0.1, 0.15) is 53.6 Å². The molecule has 0 bridgehead atoms. The molecule has 10 heteroatoms. The van der Waals surface area contributed by atoms with Gasteiger partial charge in [0.25, 0.3) is 15.9 Å². The van der Waals surface area contributed by atoms with E-state index in [2.05, 4.69) is 11.9 Å². The highest BCUT2D eigenvalue weighted by molar-refractivity contribution is 7.93. The van der Waals surface area contributed by atoms with E-state index in [1.165, 1.54) is 10.6 Å². The number of sulfonamides is 1. The number of carbonyl (C=O) groups excluding carboxylic acids is 1. The molecule has 3 aromatic rings. The summed E-state index contributed by atoms with van der Waals surface area (Å²) in [6, 6.07) is 14.2. The Balaban J connectivity index is 1.76. The fraction of sp³-hybridized carbons (Fsp3) is 0.280. The van der Waals surface area contributed by atoms with Crippen molar-refractivity contribution >= 4 is 45.2 Å². The third-order valence-corrected chi connectivity index (χ3v) is 6.75. The van der Waals surface area contributed by atoms with Crippen molar-refractivity contribution in [3.8, 4) is 5.75 Å². The van der Waals surface area contributed by atoms with Gasteiger partial charge in [0.2, 0.25) is 0 Å². The van der Waals surface area contributed by atoms with E-state index < -0.39 is 15.9 Å². The first-order valence-electron chi connectivity index (χ1n) is 11.1. The molecule has 0 aliphatic heterocycles. The van der Waals surface area contributed by atoms with Crippen LogP contribution in [-0.2, 0) is 16.6 Å². The molecule has 0 fully saturated rings. The maximum atomic E-state index is 12.9. The summed E-state index contributed by atoms with van der Waals surface area (Å²) in [5, 5.41) is 1.28. The number of halogens is 2. The number of rotatable bonds is 11. The predicted molar refractivity (Wildman–Crippen MR) is 139 cm³/mol. The second kappa shape index (κ2) is 12.2. The van der Waals surface area contributed by atoms with Gasteiger partial charge < -0.3 is 9.30 Å². The lowest BCUT2D eigenvalue weighted by atomic mass is 10.2. The molecule has 35 heavy (non-hydrogen) atoms. The first-order valence-corrected chi connectivity index (χ1v) is 13.4.